The number of nitrogens with one attached hydrogen (secondary N) is 1. The first kappa shape index (κ1) is 19.3. The second kappa shape index (κ2) is 7.23. The molecule has 1 N–H and O–H groups in total. The van der Waals surface area contributed by atoms with Crippen LogP contribution in [0.25, 0.3) is 0 Å². The largest absolute Gasteiger partial charge is 0.341 e. The fourth-order valence-corrected chi connectivity index (χ4v) is 5.22. The van der Waals surface area contributed by atoms with Crippen molar-refractivity contribution >= 4 is 17.7 Å². The SMILES string of the molecule is CN(C)[C@]1(c2ccccc2)CC[C@@]2(CC1)CN(c1cnc(N3CCC3)nc1)C(=O)N2. The van der Waals surface area contributed by atoms with Gasteiger partial charge in [0.2, 0.25) is 5.95 Å². The second-order valence-corrected chi connectivity index (χ2v) is 9.17. The van der Waals surface area contributed by atoms with Crippen molar-refractivity contribution in [1.82, 2.24) is 20.2 Å². The van der Waals surface area contributed by atoms with Crippen LogP contribution in [0.2, 0.25) is 0 Å². The number of benzene rings is 1. The van der Waals surface area contributed by atoms with E-state index in [4.69, 9.17) is 0 Å². The third-order valence-corrected chi connectivity index (χ3v) is 7.35. The average molecular weight is 407 g/mol. The third-order valence-electron chi connectivity index (χ3n) is 7.35. The van der Waals surface area contributed by atoms with Crippen molar-refractivity contribution in [3.8, 4) is 0 Å². The van der Waals surface area contributed by atoms with E-state index in [9.17, 15) is 4.79 Å². The Bertz CT molecular complexity index is 901. The topological polar surface area (TPSA) is 64.6 Å². The Balaban J connectivity index is 1.32. The lowest BCUT2D eigenvalue weighted by molar-refractivity contribution is 0.0658. The van der Waals surface area contributed by atoms with Crippen molar-refractivity contribution in [3.05, 3.63) is 48.3 Å². The van der Waals surface area contributed by atoms with E-state index in [2.05, 4.69) is 69.5 Å². The molecule has 0 atom stereocenters. The smallest absolute Gasteiger partial charge is 0.322 e. The maximum Gasteiger partial charge on any atom is 0.322 e. The predicted octanol–water partition coefficient (Wildman–Crippen LogP) is 2.99. The molecular formula is C23H30N6O. The summed E-state index contributed by atoms with van der Waals surface area (Å²) in [5, 5.41) is 3.31. The van der Waals surface area contributed by atoms with Gasteiger partial charge in [-0.3, -0.25) is 9.80 Å². The van der Waals surface area contributed by atoms with Crippen molar-refractivity contribution < 1.29 is 4.79 Å². The number of hydrogen-bond donors (Lipinski definition) is 1. The molecule has 3 fully saturated rings. The molecule has 5 rings (SSSR count). The molecular weight excluding hydrogens is 376 g/mol. The Morgan fingerprint density at radius 2 is 1.67 bits per heavy atom. The van der Waals surface area contributed by atoms with Crippen molar-refractivity contribution in [1.29, 1.82) is 0 Å². The zero-order chi connectivity index (χ0) is 20.8. The summed E-state index contributed by atoms with van der Waals surface area (Å²) >= 11 is 0. The number of nitrogens with zero attached hydrogens (tertiary/aromatic N) is 5. The van der Waals surface area contributed by atoms with Crippen LogP contribution in [-0.2, 0) is 5.54 Å². The minimum Gasteiger partial charge on any atom is -0.341 e. The van der Waals surface area contributed by atoms with Gasteiger partial charge in [-0.25, -0.2) is 14.8 Å². The van der Waals surface area contributed by atoms with E-state index in [1.807, 2.05) is 4.90 Å². The number of aromatic nitrogens is 2. The number of carbonyl (C=O) groups excluding carboxylic acids is 1. The monoisotopic (exact) mass is 406 g/mol. The minimum absolute atomic E-state index is 0.0205. The summed E-state index contributed by atoms with van der Waals surface area (Å²) in [5.41, 5.74) is 1.98. The van der Waals surface area contributed by atoms with Crippen molar-refractivity contribution in [2.45, 2.75) is 43.2 Å². The summed E-state index contributed by atoms with van der Waals surface area (Å²) in [6, 6.07) is 10.7. The molecule has 7 heteroatoms. The molecule has 2 aliphatic heterocycles. The number of rotatable bonds is 4. The summed E-state index contributed by atoms with van der Waals surface area (Å²) < 4.78 is 0. The van der Waals surface area contributed by atoms with E-state index in [1.54, 1.807) is 12.4 Å². The zero-order valence-corrected chi connectivity index (χ0v) is 17.8. The number of urea groups is 1. The van der Waals surface area contributed by atoms with Crippen LogP contribution < -0.4 is 15.1 Å². The maximum atomic E-state index is 12.8. The highest BCUT2D eigenvalue weighted by atomic mass is 16.2. The fourth-order valence-electron chi connectivity index (χ4n) is 5.22. The summed E-state index contributed by atoms with van der Waals surface area (Å²) in [7, 11) is 4.34. The van der Waals surface area contributed by atoms with Gasteiger partial charge < -0.3 is 10.2 Å². The van der Waals surface area contributed by atoms with Crippen LogP contribution >= 0.6 is 0 Å². The predicted molar refractivity (Wildman–Crippen MR) is 118 cm³/mol. The Labute approximate surface area is 178 Å². The van der Waals surface area contributed by atoms with Gasteiger partial charge in [0.05, 0.1) is 30.2 Å². The molecule has 0 unspecified atom stereocenters. The molecule has 1 saturated carbocycles. The zero-order valence-electron chi connectivity index (χ0n) is 17.8. The Morgan fingerprint density at radius 3 is 2.23 bits per heavy atom. The standard InChI is InChI=1S/C23H30N6O/c1-27(2)23(18-7-4-3-5-8-18)11-9-22(10-12-23)17-29(21(30)26-22)19-15-24-20(25-16-19)28-13-6-14-28/h3-5,7-8,15-16H,6,9-14,17H2,1-2H3,(H,26,30)/t22-,23-. The van der Waals surface area contributed by atoms with E-state index in [1.165, 1.54) is 12.0 Å². The Morgan fingerprint density at radius 1 is 1.00 bits per heavy atom. The van der Waals surface area contributed by atoms with Crippen LogP contribution in [0.3, 0.4) is 0 Å². The number of carbonyl (C=O) groups is 1. The Kier molecular flexibility index (Phi) is 4.65. The second-order valence-electron chi connectivity index (χ2n) is 9.17. The molecule has 1 aromatic heterocycles. The molecule has 7 nitrogen and oxygen atoms in total. The molecule has 2 saturated heterocycles. The molecule has 0 radical (unpaired) electrons. The van der Waals surface area contributed by atoms with E-state index in [-0.39, 0.29) is 17.1 Å². The van der Waals surface area contributed by atoms with Gasteiger partial charge in [0.15, 0.2) is 0 Å². The van der Waals surface area contributed by atoms with Gasteiger partial charge in [0.1, 0.15) is 0 Å². The average Bonchev–Trinajstić information content (AvgIpc) is 3.04. The first-order valence-corrected chi connectivity index (χ1v) is 10.9. The summed E-state index contributed by atoms with van der Waals surface area (Å²) in [4.78, 5) is 28.1. The lowest BCUT2D eigenvalue weighted by atomic mass is 9.69. The lowest BCUT2D eigenvalue weighted by Gasteiger charge is -2.48. The molecule has 1 aliphatic carbocycles. The molecule has 1 aromatic carbocycles. The van der Waals surface area contributed by atoms with E-state index >= 15 is 0 Å². The first-order chi connectivity index (χ1) is 14.5. The van der Waals surface area contributed by atoms with Crippen molar-refractivity contribution in [2.24, 2.45) is 0 Å². The van der Waals surface area contributed by atoms with Crippen LogP contribution in [0.4, 0.5) is 16.4 Å². The van der Waals surface area contributed by atoms with Gasteiger partial charge in [-0.15, -0.1) is 0 Å². The third kappa shape index (κ3) is 3.12. The molecule has 1 spiro atoms. The van der Waals surface area contributed by atoms with Gasteiger partial charge in [-0.2, -0.15) is 0 Å². The first-order valence-electron chi connectivity index (χ1n) is 10.9. The van der Waals surface area contributed by atoms with E-state index < -0.39 is 0 Å². The van der Waals surface area contributed by atoms with Crippen LogP contribution in [0.1, 0.15) is 37.7 Å². The van der Waals surface area contributed by atoms with Gasteiger partial charge in [-0.1, -0.05) is 30.3 Å². The van der Waals surface area contributed by atoms with E-state index in [0.29, 0.717) is 6.54 Å². The summed E-state index contributed by atoms with van der Waals surface area (Å²) in [5.74, 6) is 0.760. The van der Waals surface area contributed by atoms with E-state index in [0.717, 1.165) is 50.4 Å². The molecule has 3 heterocycles. The molecule has 3 aliphatic rings. The maximum absolute atomic E-state index is 12.8. The molecule has 30 heavy (non-hydrogen) atoms. The fraction of sp³-hybridized carbons (Fsp3) is 0.522. The van der Waals surface area contributed by atoms with Gasteiger partial charge in [0, 0.05) is 18.6 Å². The van der Waals surface area contributed by atoms with Crippen LogP contribution in [-0.4, -0.2) is 60.2 Å². The number of hydrogen-bond acceptors (Lipinski definition) is 5. The highest BCUT2D eigenvalue weighted by Gasteiger charge is 2.50. The minimum atomic E-state index is -0.179. The normalized spacial score (nSPS) is 28.7. The molecule has 158 valence electrons. The molecule has 2 aromatic rings. The van der Waals surface area contributed by atoms with Crippen LogP contribution in [0.5, 0.6) is 0 Å². The number of anilines is 2. The number of amides is 2. The van der Waals surface area contributed by atoms with Crippen LogP contribution in [0, 0.1) is 0 Å². The molecule has 2 amide bonds. The quantitative estimate of drug-likeness (QED) is 0.846. The van der Waals surface area contributed by atoms with Gasteiger partial charge in [0.25, 0.3) is 0 Å². The Hall–Kier alpha value is -2.67. The highest BCUT2D eigenvalue weighted by molar-refractivity contribution is 5.95. The van der Waals surface area contributed by atoms with Crippen molar-refractivity contribution in [3.63, 3.8) is 0 Å². The summed E-state index contributed by atoms with van der Waals surface area (Å²) in [6.45, 7) is 2.71. The molecule has 0 bridgehead atoms. The van der Waals surface area contributed by atoms with Gasteiger partial charge in [-0.05, 0) is 51.8 Å². The van der Waals surface area contributed by atoms with Gasteiger partial charge >= 0.3 is 6.03 Å². The summed E-state index contributed by atoms with van der Waals surface area (Å²) in [6.07, 6.45) is 8.71. The van der Waals surface area contributed by atoms with Crippen LogP contribution in [0.15, 0.2) is 42.7 Å². The highest BCUT2D eigenvalue weighted by Crippen LogP contribution is 2.46. The van der Waals surface area contributed by atoms with Crippen molar-refractivity contribution in [2.75, 3.05) is 43.5 Å². The lowest BCUT2D eigenvalue weighted by Crippen LogP contribution is -2.54.